The van der Waals surface area contributed by atoms with Crippen LogP contribution in [0.3, 0.4) is 0 Å². The predicted octanol–water partition coefficient (Wildman–Crippen LogP) is 1.93. The van der Waals surface area contributed by atoms with Gasteiger partial charge < -0.3 is 10.6 Å². The lowest BCUT2D eigenvalue weighted by molar-refractivity contribution is 0.874. The van der Waals surface area contributed by atoms with Crippen molar-refractivity contribution < 1.29 is 0 Å². The van der Waals surface area contributed by atoms with Crippen molar-refractivity contribution >= 4 is 17.3 Å². The molecule has 0 aliphatic heterocycles. The van der Waals surface area contributed by atoms with Gasteiger partial charge in [0, 0.05) is 10.7 Å². The zero-order valence-electron chi connectivity index (χ0n) is 6.39. The summed E-state index contributed by atoms with van der Waals surface area (Å²) in [6, 6.07) is 7.63. The molecule has 2 N–H and O–H groups in total. The molecule has 0 bridgehead atoms. The third kappa shape index (κ3) is 2.78. The molecule has 0 radical (unpaired) electrons. The van der Waals surface area contributed by atoms with Gasteiger partial charge in [0.2, 0.25) is 0 Å². The number of benzene rings is 1. The van der Waals surface area contributed by atoms with E-state index >= 15 is 0 Å². The van der Waals surface area contributed by atoms with Gasteiger partial charge in [-0.3, -0.25) is 0 Å². The van der Waals surface area contributed by atoms with Crippen molar-refractivity contribution in [2.45, 2.75) is 0 Å². The monoisotopic (exact) mass is 170 g/mol. The molecule has 1 aromatic rings. The zero-order valence-corrected chi connectivity index (χ0v) is 7.15. The molecule has 1 rings (SSSR count). The van der Waals surface area contributed by atoms with Crippen LogP contribution in [0, 0.1) is 0 Å². The van der Waals surface area contributed by atoms with Gasteiger partial charge in [0.1, 0.15) is 0 Å². The van der Waals surface area contributed by atoms with E-state index in [0.717, 1.165) is 17.4 Å². The fraction of sp³-hybridized carbons (Fsp3) is 0.250. The van der Waals surface area contributed by atoms with Crippen LogP contribution in [-0.4, -0.2) is 13.7 Å². The summed E-state index contributed by atoms with van der Waals surface area (Å²) in [5.74, 6) is 0. The molecule has 0 heterocycles. The Morgan fingerprint density at radius 2 is 2.27 bits per heavy atom. The molecule has 3 heteroatoms. The fourth-order valence-corrected chi connectivity index (χ4v) is 0.979. The molecule has 0 aliphatic carbocycles. The lowest BCUT2D eigenvalue weighted by atomic mass is 10.3. The quantitative estimate of drug-likeness (QED) is 0.678. The van der Waals surface area contributed by atoms with E-state index in [1.165, 1.54) is 0 Å². The van der Waals surface area contributed by atoms with Crippen LogP contribution in [0.25, 0.3) is 0 Å². The van der Waals surface area contributed by atoms with Crippen molar-refractivity contribution in [3.63, 3.8) is 0 Å². The fourth-order valence-electron chi connectivity index (χ4n) is 0.789. The van der Waals surface area contributed by atoms with Crippen molar-refractivity contribution in [1.82, 2.24) is 5.32 Å². The number of nitrogens with one attached hydrogen (secondary N) is 2. The highest BCUT2D eigenvalue weighted by atomic mass is 35.5. The molecule has 11 heavy (non-hydrogen) atoms. The van der Waals surface area contributed by atoms with Gasteiger partial charge in [0.25, 0.3) is 0 Å². The van der Waals surface area contributed by atoms with Gasteiger partial charge in [-0.05, 0) is 25.2 Å². The van der Waals surface area contributed by atoms with E-state index in [1.54, 1.807) is 0 Å². The van der Waals surface area contributed by atoms with Crippen molar-refractivity contribution in [3.05, 3.63) is 29.3 Å². The van der Waals surface area contributed by atoms with Crippen molar-refractivity contribution in [3.8, 4) is 0 Å². The lowest BCUT2D eigenvalue weighted by Crippen LogP contribution is -2.16. The van der Waals surface area contributed by atoms with Gasteiger partial charge in [0.05, 0.1) is 6.67 Å². The molecule has 0 unspecified atom stereocenters. The Hall–Kier alpha value is -0.730. The zero-order chi connectivity index (χ0) is 8.10. The summed E-state index contributed by atoms with van der Waals surface area (Å²) in [4.78, 5) is 0. The van der Waals surface area contributed by atoms with Crippen LogP contribution in [0.4, 0.5) is 5.69 Å². The summed E-state index contributed by atoms with van der Waals surface area (Å²) in [6.45, 7) is 0.750. The number of halogens is 1. The third-order valence-corrected chi connectivity index (χ3v) is 1.53. The Bertz CT molecular complexity index is 225. The number of anilines is 1. The number of rotatable bonds is 3. The van der Waals surface area contributed by atoms with E-state index in [2.05, 4.69) is 10.6 Å². The molecule has 0 saturated carbocycles. The summed E-state index contributed by atoms with van der Waals surface area (Å²) in [7, 11) is 1.89. The Morgan fingerprint density at radius 1 is 1.45 bits per heavy atom. The average Bonchev–Trinajstić information content (AvgIpc) is 2.01. The maximum absolute atomic E-state index is 5.76. The summed E-state index contributed by atoms with van der Waals surface area (Å²) in [5, 5.41) is 6.88. The first-order valence-corrected chi connectivity index (χ1v) is 3.85. The minimum absolute atomic E-state index is 0.750. The van der Waals surface area contributed by atoms with E-state index in [0.29, 0.717) is 0 Å². The minimum atomic E-state index is 0.750. The standard InChI is InChI=1S/C8H11ClN2/c1-10-6-11-8-4-2-3-7(9)5-8/h2-5,10-11H,6H2,1H3. The molecule has 1 aromatic carbocycles. The Kier molecular flexibility index (Phi) is 3.20. The van der Waals surface area contributed by atoms with Gasteiger partial charge in [-0.15, -0.1) is 0 Å². The first-order chi connectivity index (χ1) is 5.33. The predicted molar refractivity (Wildman–Crippen MR) is 49.0 cm³/mol. The molecule has 0 atom stereocenters. The summed E-state index contributed by atoms with van der Waals surface area (Å²) in [6.07, 6.45) is 0. The Morgan fingerprint density at radius 3 is 2.91 bits per heavy atom. The molecule has 2 nitrogen and oxygen atoms in total. The van der Waals surface area contributed by atoms with E-state index < -0.39 is 0 Å². The highest BCUT2D eigenvalue weighted by molar-refractivity contribution is 6.30. The largest absolute Gasteiger partial charge is 0.372 e. The van der Waals surface area contributed by atoms with Crippen LogP contribution in [-0.2, 0) is 0 Å². The minimum Gasteiger partial charge on any atom is -0.372 e. The second-order valence-electron chi connectivity index (χ2n) is 2.22. The van der Waals surface area contributed by atoms with E-state index in [-0.39, 0.29) is 0 Å². The number of hydrogen-bond donors (Lipinski definition) is 2. The third-order valence-electron chi connectivity index (χ3n) is 1.29. The Balaban J connectivity index is 2.56. The molecule has 0 spiro atoms. The second-order valence-corrected chi connectivity index (χ2v) is 2.65. The molecular formula is C8H11ClN2. The molecule has 0 saturated heterocycles. The molecular weight excluding hydrogens is 160 g/mol. The van der Waals surface area contributed by atoms with Crippen LogP contribution in [0.1, 0.15) is 0 Å². The maximum atomic E-state index is 5.76. The van der Waals surface area contributed by atoms with Gasteiger partial charge in [-0.25, -0.2) is 0 Å². The second kappa shape index (κ2) is 4.21. The average molecular weight is 171 g/mol. The summed E-state index contributed by atoms with van der Waals surface area (Å²) >= 11 is 5.76. The van der Waals surface area contributed by atoms with Crippen LogP contribution in [0.15, 0.2) is 24.3 Å². The topological polar surface area (TPSA) is 24.1 Å². The highest BCUT2D eigenvalue weighted by Crippen LogP contribution is 2.13. The van der Waals surface area contributed by atoms with Crippen LogP contribution >= 0.6 is 11.6 Å². The van der Waals surface area contributed by atoms with Crippen LogP contribution in [0.2, 0.25) is 5.02 Å². The summed E-state index contributed by atoms with van der Waals surface area (Å²) in [5.41, 5.74) is 1.03. The smallest absolute Gasteiger partial charge is 0.0650 e. The van der Waals surface area contributed by atoms with Crippen molar-refractivity contribution in [2.24, 2.45) is 0 Å². The molecule has 0 aromatic heterocycles. The van der Waals surface area contributed by atoms with Gasteiger partial charge in [-0.1, -0.05) is 17.7 Å². The van der Waals surface area contributed by atoms with Crippen molar-refractivity contribution in [2.75, 3.05) is 19.0 Å². The first-order valence-electron chi connectivity index (χ1n) is 3.47. The van der Waals surface area contributed by atoms with Gasteiger partial charge >= 0.3 is 0 Å². The van der Waals surface area contributed by atoms with E-state index in [1.807, 2.05) is 31.3 Å². The van der Waals surface area contributed by atoms with E-state index in [9.17, 15) is 0 Å². The molecule has 0 amide bonds. The highest BCUT2D eigenvalue weighted by Gasteiger charge is 1.89. The first kappa shape index (κ1) is 8.37. The van der Waals surface area contributed by atoms with Crippen LogP contribution in [0.5, 0.6) is 0 Å². The number of hydrogen-bond acceptors (Lipinski definition) is 2. The van der Waals surface area contributed by atoms with Gasteiger partial charge in [0.15, 0.2) is 0 Å². The lowest BCUT2D eigenvalue weighted by Gasteiger charge is -2.04. The van der Waals surface area contributed by atoms with Gasteiger partial charge in [-0.2, -0.15) is 0 Å². The Labute approximate surface area is 71.6 Å². The molecule has 0 aliphatic rings. The summed E-state index contributed by atoms with van der Waals surface area (Å²) < 4.78 is 0. The normalized spacial score (nSPS) is 9.64. The maximum Gasteiger partial charge on any atom is 0.0650 e. The van der Waals surface area contributed by atoms with Crippen LogP contribution < -0.4 is 10.6 Å². The molecule has 0 fully saturated rings. The SMILES string of the molecule is CNCNc1cccc(Cl)c1. The van der Waals surface area contributed by atoms with Crippen molar-refractivity contribution in [1.29, 1.82) is 0 Å². The molecule has 60 valence electrons. The van der Waals surface area contributed by atoms with E-state index in [4.69, 9.17) is 11.6 Å².